The van der Waals surface area contributed by atoms with Gasteiger partial charge in [0.15, 0.2) is 11.6 Å². The number of benzene rings is 2. The molecule has 0 spiro atoms. The molecule has 1 N–H and O–H groups in total. The van der Waals surface area contributed by atoms with Crippen molar-refractivity contribution in [1.29, 1.82) is 0 Å². The fraction of sp³-hybridized carbons (Fsp3) is 0.222. The molecule has 2 aliphatic rings. The average molecular weight is 485 g/mol. The summed E-state index contributed by atoms with van der Waals surface area (Å²) in [6, 6.07) is 15.6. The fourth-order valence-electron chi connectivity index (χ4n) is 4.65. The van der Waals surface area contributed by atoms with Gasteiger partial charge in [0.1, 0.15) is 5.75 Å². The van der Waals surface area contributed by atoms with Gasteiger partial charge in [0, 0.05) is 36.6 Å². The van der Waals surface area contributed by atoms with Gasteiger partial charge in [-0.05, 0) is 47.0 Å². The number of aromatic nitrogens is 2. The normalized spacial score (nSPS) is 15.4. The lowest BCUT2D eigenvalue weighted by Gasteiger charge is -2.28. The van der Waals surface area contributed by atoms with Crippen LogP contribution in [0.25, 0.3) is 32.0 Å². The van der Waals surface area contributed by atoms with Crippen LogP contribution in [0.2, 0.25) is 0 Å². The van der Waals surface area contributed by atoms with E-state index in [4.69, 9.17) is 14.7 Å². The van der Waals surface area contributed by atoms with Crippen LogP contribution in [0.4, 0.5) is 5.82 Å². The number of hydrogen-bond donors (Lipinski definition) is 1. The van der Waals surface area contributed by atoms with E-state index in [9.17, 15) is 9.90 Å². The van der Waals surface area contributed by atoms with E-state index >= 15 is 0 Å². The number of anilines is 1. The summed E-state index contributed by atoms with van der Waals surface area (Å²) in [5, 5.41) is 9.99. The monoisotopic (exact) mass is 484 g/mol. The van der Waals surface area contributed by atoms with E-state index in [2.05, 4.69) is 35.7 Å². The Morgan fingerprint density at radius 1 is 1.03 bits per heavy atom. The lowest BCUT2D eigenvalue weighted by molar-refractivity contribution is -0.126. The number of carbonyl (C=O) groups excluding carboxylic acids is 1. The molecule has 8 heteroatoms. The number of aromatic hydroxyl groups is 1. The number of hydrogen-bond acceptors (Lipinski definition) is 7. The Morgan fingerprint density at radius 2 is 1.86 bits per heavy atom. The molecule has 0 unspecified atom stereocenters. The van der Waals surface area contributed by atoms with E-state index in [1.807, 2.05) is 6.07 Å². The molecular weight excluding hydrogens is 460 g/mol. The Labute approximate surface area is 206 Å². The van der Waals surface area contributed by atoms with Crippen LogP contribution >= 0.6 is 11.3 Å². The Bertz CT molecular complexity index is 1460. The quantitative estimate of drug-likeness (QED) is 0.427. The lowest BCUT2D eigenvalue weighted by Crippen LogP contribution is -2.36. The number of rotatable bonds is 4. The smallest absolute Gasteiger partial charge is 0.246 e. The molecule has 1 amide bonds. The third-order valence-corrected chi connectivity index (χ3v) is 7.64. The van der Waals surface area contributed by atoms with Gasteiger partial charge in [-0.3, -0.25) is 4.79 Å². The van der Waals surface area contributed by atoms with Crippen molar-refractivity contribution in [3.8, 4) is 27.6 Å². The summed E-state index contributed by atoms with van der Waals surface area (Å²) in [6.07, 6.45) is 1.37. The molecule has 0 atom stereocenters. The Morgan fingerprint density at radius 3 is 2.66 bits per heavy atom. The summed E-state index contributed by atoms with van der Waals surface area (Å²) in [5.41, 5.74) is 5.09. The van der Waals surface area contributed by atoms with Crippen LogP contribution in [0, 0.1) is 0 Å². The minimum absolute atomic E-state index is 0.0467. The maximum atomic E-state index is 12.1. The first-order chi connectivity index (χ1) is 17.1. The van der Waals surface area contributed by atoms with Crippen molar-refractivity contribution in [2.24, 2.45) is 0 Å². The largest absolute Gasteiger partial charge is 0.508 e. The number of morpholine rings is 1. The number of carbonyl (C=O) groups is 1. The zero-order valence-corrected chi connectivity index (χ0v) is 19.9. The molecule has 0 radical (unpaired) electrons. The fourth-order valence-corrected chi connectivity index (χ4v) is 5.76. The van der Waals surface area contributed by atoms with E-state index < -0.39 is 0 Å². The highest BCUT2D eigenvalue weighted by molar-refractivity contribution is 7.22. The number of phenolic OH excluding ortho intramolecular Hbond substituents is 1. The van der Waals surface area contributed by atoms with Gasteiger partial charge in [0.05, 0.1) is 23.4 Å². The van der Waals surface area contributed by atoms with Crippen LogP contribution in [0.15, 0.2) is 61.2 Å². The summed E-state index contributed by atoms with van der Waals surface area (Å²) in [7, 11) is 0. The summed E-state index contributed by atoms with van der Waals surface area (Å²) in [5.74, 6) is 1.63. The molecule has 2 aromatic heterocycles. The van der Waals surface area contributed by atoms with Crippen molar-refractivity contribution in [3.05, 3.63) is 72.3 Å². The molecule has 4 heterocycles. The molecule has 0 aliphatic carbocycles. The van der Waals surface area contributed by atoms with Crippen LogP contribution in [0.5, 0.6) is 5.75 Å². The summed E-state index contributed by atoms with van der Waals surface area (Å²) in [4.78, 5) is 27.1. The third-order valence-electron chi connectivity index (χ3n) is 6.47. The van der Waals surface area contributed by atoms with Crippen LogP contribution in [0.1, 0.15) is 11.1 Å². The van der Waals surface area contributed by atoms with Gasteiger partial charge in [0.25, 0.3) is 0 Å². The molecule has 4 aromatic rings. The highest BCUT2D eigenvalue weighted by atomic mass is 32.1. The summed E-state index contributed by atoms with van der Waals surface area (Å²) < 4.78 is 6.60. The number of nitrogens with zero attached hydrogens (tertiary/aromatic N) is 4. The highest BCUT2D eigenvalue weighted by Gasteiger charge is 2.24. The van der Waals surface area contributed by atoms with Crippen molar-refractivity contribution in [1.82, 2.24) is 14.9 Å². The van der Waals surface area contributed by atoms with Crippen molar-refractivity contribution in [2.75, 3.05) is 31.2 Å². The topological polar surface area (TPSA) is 78.8 Å². The van der Waals surface area contributed by atoms with E-state index in [-0.39, 0.29) is 11.7 Å². The SMILES string of the molecule is C=CC(=O)N1Cc2ccc(-c3cc4nc(-c5cccc(O)c5)nc(N5CCOCC5)c4s3)cc2C1. The van der Waals surface area contributed by atoms with Crippen LogP contribution in [0.3, 0.4) is 0 Å². The van der Waals surface area contributed by atoms with E-state index in [0.717, 1.165) is 50.7 Å². The van der Waals surface area contributed by atoms with Gasteiger partial charge in [0.2, 0.25) is 5.91 Å². The minimum Gasteiger partial charge on any atom is -0.508 e. The lowest BCUT2D eigenvalue weighted by atomic mass is 10.1. The molecule has 35 heavy (non-hydrogen) atoms. The molecule has 6 rings (SSSR count). The first kappa shape index (κ1) is 21.8. The number of phenols is 1. The van der Waals surface area contributed by atoms with Gasteiger partial charge >= 0.3 is 0 Å². The molecule has 0 bridgehead atoms. The molecular formula is C27H24N4O3S. The summed E-state index contributed by atoms with van der Waals surface area (Å²) in [6.45, 7) is 7.69. The third kappa shape index (κ3) is 4.05. The van der Waals surface area contributed by atoms with Gasteiger partial charge in [-0.2, -0.15) is 0 Å². The molecule has 0 saturated carbocycles. The zero-order chi connectivity index (χ0) is 23.9. The second-order valence-corrected chi connectivity index (χ2v) is 9.78. The van der Waals surface area contributed by atoms with Gasteiger partial charge in [-0.15, -0.1) is 11.3 Å². The highest BCUT2D eigenvalue weighted by Crippen LogP contribution is 2.40. The van der Waals surface area contributed by atoms with E-state index in [1.54, 1.807) is 34.4 Å². The van der Waals surface area contributed by atoms with E-state index in [0.29, 0.717) is 32.1 Å². The second-order valence-electron chi connectivity index (χ2n) is 8.73. The number of fused-ring (bicyclic) bond motifs is 2. The van der Waals surface area contributed by atoms with Gasteiger partial charge in [-0.1, -0.05) is 30.8 Å². The first-order valence-electron chi connectivity index (χ1n) is 11.6. The predicted octanol–water partition coefficient (Wildman–Crippen LogP) is 4.60. The van der Waals surface area contributed by atoms with Crippen LogP contribution < -0.4 is 4.90 Å². The zero-order valence-electron chi connectivity index (χ0n) is 19.1. The molecule has 2 aliphatic heterocycles. The number of thiophene rings is 1. The minimum atomic E-state index is -0.0467. The average Bonchev–Trinajstić information content (AvgIpc) is 3.52. The maximum absolute atomic E-state index is 12.1. The van der Waals surface area contributed by atoms with Gasteiger partial charge < -0.3 is 19.6 Å². The van der Waals surface area contributed by atoms with Gasteiger partial charge in [-0.25, -0.2) is 9.97 Å². The maximum Gasteiger partial charge on any atom is 0.246 e. The Hall–Kier alpha value is -3.75. The molecule has 2 aromatic carbocycles. The van der Waals surface area contributed by atoms with Crippen molar-refractivity contribution < 1.29 is 14.6 Å². The van der Waals surface area contributed by atoms with Crippen molar-refractivity contribution in [2.45, 2.75) is 13.1 Å². The number of amides is 1. The molecule has 1 saturated heterocycles. The predicted molar refractivity (Wildman–Crippen MR) is 137 cm³/mol. The molecule has 1 fully saturated rings. The van der Waals surface area contributed by atoms with Crippen LogP contribution in [-0.4, -0.2) is 52.2 Å². The van der Waals surface area contributed by atoms with E-state index in [1.165, 1.54) is 11.6 Å². The second kappa shape index (κ2) is 8.79. The molecule has 176 valence electrons. The Kier molecular flexibility index (Phi) is 5.47. The standard InChI is InChI=1S/C27H24N4O3S/c1-2-24(33)31-15-19-7-6-17(12-20(19)16-31)23-14-22-25(35-23)27(30-8-10-34-11-9-30)29-26(28-22)18-4-3-5-21(32)13-18/h2-7,12-14,32H,1,8-11,15-16H2. The molecule has 7 nitrogen and oxygen atoms in total. The Balaban J connectivity index is 1.44. The summed E-state index contributed by atoms with van der Waals surface area (Å²) >= 11 is 1.68. The number of ether oxygens (including phenoxy) is 1. The van der Waals surface area contributed by atoms with Crippen molar-refractivity contribution >= 4 is 33.3 Å². The first-order valence-corrected chi connectivity index (χ1v) is 12.4. The van der Waals surface area contributed by atoms with Crippen LogP contribution in [-0.2, 0) is 22.6 Å². The van der Waals surface area contributed by atoms with Crippen molar-refractivity contribution in [3.63, 3.8) is 0 Å².